The van der Waals surface area contributed by atoms with Gasteiger partial charge in [0.1, 0.15) is 5.82 Å². The molecule has 2 atom stereocenters. The van der Waals surface area contributed by atoms with E-state index in [-0.39, 0.29) is 6.42 Å². The number of hydrogen-bond acceptors (Lipinski definition) is 3. The highest BCUT2D eigenvalue weighted by Gasteiger charge is 2.24. The van der Waals surface area contributed by atoms with E-state index in [0.717, 1.165) is 0 Å². The molecule has 0 aliphatic heterocycles. The lowest BCUT2D eigenvalue weighted by atomic mass is 10.1. The fraction of sp³-hybridized carbons (Fsp3) is 0.333. The summed E-state index contributed by atoms with van der Waals surface area (Å²) in [5, 5.41) is 20.2. The molecule has 1 aromatic carbocycles. The highest BCUT2D eigenvalue weighted by Crippen LogP contribution is 2.04. The number of halogens is 1. The standard InChI is InChI=1S/C12H14FNO4/c1-7(15)11(12(17)18)14-10(16)6-8-2-4-9(13)5-3-8/h2-5,7,11,15H,6H2,1H3,(H,14,16)(H,17,18)/t7-,11+/m1/s1. The Morgan fingerprint density at radius 3 is 2.33 bits per heavy atom. The van der Waals surface area contributed by atoms with Gasteiger partial charge >= 0.3 is 5.97 Å². The minimum Gasteiger partial charge on any atom is -0.480 e. The summed E-state index contributed by atoms with van der Waals surface area (Å²) in [6.45, 7) is 1.27. The molecule has 0 saturated heterocycles. The van der Waals surface area contributed by atoms with Crippen LogP contribution in [0.1, 0.15) is 12.5 Å². The Balaban J connectivity index is 2.60. The van der Waals surface area contributed by atoms with Gasteiger partial charge in [0.25, 0.3) is 0 Å². The molecule has 98 valence electrons. The number of aliphatic hydroxyl groups is 1. The highest BCUT2D eigenvalue weighted by molar-refractivity contribution is 5.85. The van der Waals surface area contributed by atoms with Crippen molar-refractivity contribution in [1.82, 2.24) is 5.32 Å². The van der Waals surface area contributed by atoms with E-state index in [1.807, 2.05) is 0 Å². The highest BCUT2D eigenvalue weighted by atomic mass is 19.1. The van der Waals surface area contributed by atoms with E-state index in [4.69, 9.17) is 5.11 Å². The van der Waals surface area contributed by atoms with Gasteiger partial charge in [-0.05, 0) is 24.6 Å². The Kier molecular flexibility index (Phi) is 4.79. The minimum absolute atomic E-state index is 0.0726. The first-order chi connectivity index (χ1) is 8.40. The largest absolute Gasteiger partial charge is 0.480 e. The van der Waals surface area contributed by atoms with Crippen molar-refractivity contribution in [3.63, 3.8) is 0 Å². The van der Waals surface area contributed by atoms with Crippen LogP contribution in [-0.4, -0.2) is 34.2 Å². The maximum atomic E-state index is 12.6. The second kappa shape index (κ2) is 6.11. The third-order valence-corrected chi connectivity index (χ3v) is 2.34. The maximum Gasteiger partial charge on any atom is 0.328 e. The Bertz CT molecular complexity index is 430. The predicted octanol–water partition coefficient (Wildman–Crippen LogP) is 0.318. The quantitative estimate of drug-likeness (QED) is 0.707. The summed E-state index contributed by atoms with van der Waals surface area (Å²) in [5.41, 5.74) is 0.559. The van der Waals surface area contributed by atoms with Crippen molar-refractivity contribution in [1.29, 1.82) is 0 Å². The first kappa shape index (κ1) is 14.1. The number of rotatable bonds is 5. The summed E-state index contributed by atoms with van der Waals surface area (Å²) >= 11 is 0. The smallest absolute Gasteiger partial charge is 0.328 e. The summed E-state index contributed by atoms with van der Waals surface area (Å²) in [6, 6.07) is 3.95. The van der Waals surface area contributed by atoms with E-state index in [1.165, 1.54) is 31.2 Å². The van der Waals surface area contributed by atoms with E-state index in [0.29, 0.717) is 5.56 Å². The molecule has 0 radical (unpaired) electrons. The van der Waals surface area contributed by atoms with Crippen LogP contribution in [0, 0.1) is 5.82 Å². The first-order valence-electron chi connectivity index (χ1n) is 5.35. The molecule has 6 heteroatoms. The van der Waals surface area contributed by atoms with Crippen molar-refractivity contribution in [2.24, 2.45) is 0 Å². The Hall–Kier alpha value is -1.95. The number of aliphatic carboxylic acids is 1. The molecule has 3 N–H and O–H groups in total. The Labute approximate surface area is 103 Å². The number of nitrogens with one attached hydrogen (secondary N) is 1. The van der Waals surface area contributed by atoms with Crippen LogP contribution in [0.4, 0.5) is 4.39 Å². The first-order valence-corrected chi connectivity index (χ1v) is 5.35. The number of carbonyl (C=O) groups is 2. The van der Waals surface area contributed by atoms with E-state index in [2.05, 4.69) is 5.32 Å². The van der Waals surface area contributed by atoms with Crippen LogP contribution in [0.25, 0.3) is 0 Å². The maximum absolute atomic E-state index is 12.6. The normalized spacial score (nSPS) is 13.7. The van der Waals surface area contributed by atoms with Gasteiger partial charge in [0.05, 0.1) is 12.5 Å². The van der Waals surface area contributed by atoms with Gasteiger partial charge in [-0.1, -0.05) is 12.1 Å². The summed E-state index contributed by atoms with van der Waals surface area (Å²) < 4.78 is 12.6. The molecule has 0 unspecified atom stereocenters. The van der Waals surface area contributed by atoms with Gasteiger partial charge in [-0.15, -0.1) is 0 Å². The average Bonchev–Trinajstić information content (AvgIpc) is 2.28. The molecule has 0 spiro atoms. The number of carboxylic acids is 1. The van der Waals surface area contributed by atoms with Crippen LogP contribution >= 0.6 is 0 Å². The van der Waals surface area contributed by atoms with Gasteiger partial charge in [0, 0.05) is 0 Å². The van der Waals surface area contributed by atoms with Crippen LogP contribution in [-0.2, 0) is 16.0 Å². The van der Waals surface area contributed by atoms with Crippen LogP contribution < -0.4 is 5.32 Å². The molecule has 0 saturated carbocycles. The predicted molar refractivity (Wildman–Crippen MR) is 61.4 cm³/mol. The van der Waals surface area contributed by atoms with E-state index in [1.54, 1.807) is 0 Å². The molecule has 0 bridgehead atoms. The molecule has 0 fully saturated rings. The number of amides is 1. The van der Waals surface area contributed by atoms with E-state index in [9.17, 15) is 19.1 Å². The zero-order chi connectivity index (χ0) is 13.7. The van der Waals surface area contributed by atoms with Crippen molar-refractivity contribution in [2.75, 3.05) is 0 Å². The lowest BCUT2D eigenvalue weighted by Gasteiger charge is -2.16. The van der Waals surface area contributed by atoms with Gasteiger partial charge in [-0.25, -0.2) is 9.18 Å². The summed E-state index contributed by atoms with van der Waals surface area (Å²) in [6.07, 6.45) is -1.27. The van der Waals surface area contributed by atoms with E-state index >= 15 is 0 Å². The molecule has 0 heterocycles. The summed E-state index contributed by atoms with van der Waals surface area (Å²) in [5.74, 6) is -2.26. The molecule has 18 heavy (non-hydrogen) atoms. The van der Waals surface area contributed by atoms with Crippen molar-refractivity contribution in [3.8, 4) is 0 Å². The van der Waals surface area contributed by atoms with E-state index < -0.39 is 29.8 Å². The number of benzene rings is 1. The van der Waals surface area contributed by atoms with Gasteiger partial charge in [-0.2, -0.15) is 0 Å². The van der Waals surface area contributed by atoms with Crippen molar-refractivity contribution < 1.29 is 24.2 Å². The average molecular weight is 255 g/mol. The Morgan fingerprint density at radius 2 is 1.89 bits per heavy atom. The SMILES string of the molecule is C[C@@H](O)[C@H](NC(=O)Cc1ccc(F)cc1)C(=O)O. The number of carbonyl (C=O) groups excluding carboxylic acids is 1. The molecule has 1 aromatic rings. The zero-order valence-corrected chi connectivity index (χ0v) is 9.76. The molecular formula is C12H14FNO4. The molecule has 1 amide bonds. The van der Waals surface area contributed by atoms with Gasteiger partial charge in [0.2, 0.25) is 5.91 Å². The van der Waals surface area contributed by atoms with Crippen LogP contribution in [0.15, 0.2) is 24.3 Å². The monoisotopic (exact) mass is 255 g/mol. The Morgan fingerprint density at radius 1 is 1.33 bits per heavy atom. The molecule has 1 rings (SSSR count). The van der Waals surface area contributed by atoms with Crippen molar-refractivity contribution in [3.05, 3.63) is 35.6 Å². The molecule has 0 aliphatic rings. The van der Waals surface area contributed by atoms with Gasteiger partial charge < -0.3 is 15.5 Å². The third-order valence-electron chi connectivity index (χ3n) is 2.34. The van der Waals surface area contributed by atoms with Crippen LogP contribution in [0.5, 0.6) is 0 Å². The number of carboxylic acid groups (broad SMARTS) is 1. The van der Waals surface area contributed by atoms with Crippen LogP contribution in [0.2, 0.25) is 0 Å². The van der Waals surface area contributed by atoms with Gasteiger partial charge in [-0.3, -0.25) is 4.79 Å². The van der Waals surface area contributed by atoms with Gasteiger partial charge in [0.15, 0.2) is 6.04 Å². The second-order valence-electron chi connectivity index (χ2n) is 3.93. The summed E-state index contributed by atoms with van der Waals surface area (Å²) in [4.78, 5) is 22.3. The fourth-order valence-corrected chi connectivity index (χ4v) is 1.40. The topological polar surface area (TPSA) is 86.6 Å². The van der Waals surface area contributed by atoms with Crippen LogP contribution in [0.3, 0.4) is 0 Å². The zero-order valence-electron chi connectivity index (χ0n) is 9.76. The minimum atomic E-state index is -1.35. The third kappa shape index (κ3) is 4.14. The molecule has 0 aliphatic carbocycles. The lowest BCUT2D eigenvalue weighted by Crippen LogP contribution is -2.48. The number of aliphatic hydroxyl groups excluding tert-OH is 1. The van der Waals surface area contributed by atoms with Crippen molar-refractivity contribution in [2.45, 2.75) is 25.5 Å². The molecule has 0 aromatic heterocycles. The lowest BCUT2D eigenvalue weighted by molar-refractivity contribution is -0.144. The number of hydrogen-bond donors (Lipinski definition) is 3. The summed E-state index contributed by atoms with van der Waals surface area (Å²) in [7, 11) is 0. The second-order valence-corrected chi connectivity index (χ2v) is 3.93. The van der Waals surface area contributed by atoms with Crippen molar-refractivity contribution >= 4 is 11.9 Å². The molecular weight excluding hydrogens is 241 g/mol. The fourth-order valence-electron chi connectivity index (χ4n) is 1.40. The molecule has 5 nitrogen and oxygen atoms in total.